The predicted octanol–water partition coefficient (Wildman–Crippen LogP) is -0.873. The van der Waals surface area contributed by atoms with E-state index in [4.69, 9.17) is 4.74 Å². The lowest BCUT2D eigenvalue weighted by atomic mass is 10.1. The van der Waals surface area contributed by atoms with Gasteiger partial charge >= 0.3 is 0 Å². The minimum absolute atomic E-state index is 0. The van der Waals surface area contributed by atoms with Crippen LogP contribution >= 0.6 is 12.4 Å². The van der Waals surface area contributed by atoms with Crippen molar-refractivity contribution in [1.82, 2.24) is 18.8 Å². The van der Waals surface area contributed by atoms with E-state index in [9.17, 15) is 22.0 Å². The Morgan fingerprint density at radius 2 is 1.60 bits per heavy atom. The molecule has 146 valence electrons. The second-order valence-electron chi connectivity index (χ2n) is 6.24. The second-order valence-corrected chi connectivity index (χ2v) is 8.17. The van der Waals surface area contributed by atoms with Crippen LogP contribution in [0.15, 0.2) is 0 Å². The van der Waals surface area contributed by atoms with E-state index in [0.717, 1.165) is 0 Å². The fraction of sp³-hybridized carbons (Fsp3) is 0.923. The van der Waals surface area contributed by atoms with Crippen molar-refractivity contribution >= 4 is 28.5 Å². The predicted molar refractivity (Wildman–Crippen MR) is 88.1 cm³/mol. The van der Waals surface area contributed by atoms with Gasteiger partial charge in [-0.1, -0.05) is 0 Å². The molecule has 1 atom stereocenters. The third-order valence-corrected chi connectivity index (χ3v) is 6.62. The second kappa shape index (κ2) is 7.97. The number of nitrogens with one attached hydrogen (secondary N) is 1. The van der Waals surface area contributed by atoms with Crippen LogP contribution in [-0.4, -0.2) is 98.8 Å². The fourth-order valence-electron chi connectivity index (χ4n) is 3.19. The first-order valence-electron chi connectivity index (χ1n) is 8.03. The lowest BCUT2D eigenvalue weighted by Crippen LogP contribution is -2.57. The third kappa shape index (κ3) is 4.58. The van der Waals surface area contributed by atoms with Crippen molar-refractivity contribution in [3.63, 3.8) is 0 Å². The molecule has 0 aromatic heterocycles. The maximum atomic E-state index is 13.2. The molecule has 0 aliphatic carbocycles. The molecular formula is C13H23ClF2N4O4S. The van der Waals surface area contributed by atoms with Crippen LogP contribution in [-0.2, 0) is 19.7 Å². The molecule has 3 rings (SSSR count). The number of alkyl halides is 2. The van der Waals surface area contributed by atoms with Crippen molar-refractivity contribution < 1.29 is 26.7 Å². The first-order chi connectivity index (χ1) is 11.3. The topological polar surface area (TPSA) is 82.2 Å². The Morgan fingerprint density at radius 3 is 2.12 bits per heavy atom. The maximum absolute atomic E-state index is 13.2. The molecule has 0 bridgehead atoms. The molecule has 3 fully saturated rings. The van der Waals surface area contributed by atoms with Gasteiger partial charge < -0.3 is 9.64 Å². The summed E-state index contributed by atoms with van der Waals surface area (Å²) in [5.41, 5.74) is 0. The van der Waals surface area contributed by atoms with Gasteiger partial charge in [-0.05, 0) is 0 Å². The van der Waals surface area contributed by atoms with Gasteiger partial charge in [0.1, 0.15) is 0 Å². The number of hydrogen-bond acceptors (Lipinski definition) is 5. The summed E-state index contributed by atoms with van der Waals surface area (Å²) in [6, 6.07) is -0.887. The molecule has 8 nitrogen and oxygen atoms in total. The first-order valence-corrected chi connectivity index (χ1v) is 9.42. The van der Waals surface area contributed by atoms with Gasteiger partial charge in [-0.25, -0.2) is 8.78 Å². The molecule has 1 unspecified atom stereocenters. The molecule has 3 heterocycles. The van der Waals surface area contributed by atoms with Gasteiger partial charge in [-0.2, -0.15) is 17.0 Å². The van der Waals surface area contributed by atoms with E-state index in [2.05, 4.69) is 5.32 Å². The van der Waals surface area contributed by atoms with Crippen molar-refractivity contribution in [2.75, 3.05) is 59.0 Å². The quantitative estimate of drug-likeness (QED) is 0.661. The Kier molecular flexibility index (Phi) is 6.60. The Labute approximate surface area is 152 Å². The number of carbonyl (C=O) groups excluding carboxylic acids is 1. The number of hydrogen-bond donors (Lipinski definition) is 1. The average Bonchev–Trinajstić information content (AvgIpc) is 2.95. The van der Waals surface area contributed by atoms with Gasteiger partial charge in [0.25, 0.3) is 16.1 Å². The van der Waals surface area contributed by atoms with Crippen LogP contribution in [0.5, 0.6) is 0 Å². The highest BCUT2D eigenvalue weighted by atomic mass is 35.5. The summed E-state index contributed by atoms with van der Waals surface area (Å²) in [4.78, 5) is 13.7. The normalized spacial score (nSPS) is 28.6. The van der Waals surface area contributed by atoms with Crippen molar-refractivity contribution in [2.45, 2.75) is 18.4 Å². The van der Waals surface area contributed by atoms with Crippen molar-refractivity contribution in [2.24, 2.45) is 0 Å². The molecule has 1 N–H and O–H groups in total. The highest BCUT2D eigenvalue weighted by molar-refractivity contribution is 7.86. The molecule has 3 aliphatic rings. The summed E-state index contributed by atoms with van der Waals surface area (Å²) in [6.07, 6.45) is -0.502. The lowest BCUT2D eigenvalue weighted by molar-refractivity contribution is -0.134. The highest BCUT2D eigenvalue weighted by Gasteiger charge is 2.44. The van der Waals surface area contributed by atoms with E-state index in [1.807, 2.05) is 0 Å². The molecule has 3 saturated heterocycles. The van der Waals surface area contributed by atoms with E-state index in [0.29, 0.717) is 26.3 Å². The SMILES string of the molecule is Cl.O=C(C1CC(F)(F)CN1)N1CCN(S(=O)(=O)N2CCOCC2)CC1. The number of amides is 1. The molecule has 12 heteroatoms. The van der Waals surface area contributed by atoms with Crippen LogP contribution in [0.2, 0.25) is 0 Å². The number of nitrogens with zero attached hydrogens (tertiary/aromatic N) is 3. The summed E-state index contributed by atoms with van der Waals surface area (Å²) >= 11 is 0. The van der Waals surface area contributed by atoms with E-state index >= 15 is 0 Å². The van der Waals surface area contributed by atoms with Gasteiger partial charge in [0.2, 0.25) is 5.91 Å². The van der Waals surface area contributed by atoms with Gasteiger partial charge in [-0.3, -0.25) is 10.1 Å². The van der Waals surface area contributed by atoms with Gasteiger partial charge in [0.05, 0.1) is 25.8 Å². The minimum atomic E-state index is -3.56. The molecule has 0 spiro atoms. The van der Waals surface area contributed by atoms with Crippen LogP contribution in [0, 0.1) is 0 Å². The average molecular weight is 405 g/mol. The maximum Gasteiger partial charge on any atom is 0.282 e. The van der Waals surface area contributed by atoms with Gasteiger partial charge in [0, 0.05) is 45.7 Å². The number of rotatable bonds is 3. The zero-order valence-electron chi connectivity index (χ0n) is 13.7. The van der Waals surface area contributed by atoms with Crippen LogP contribution in [0.3, 0.4) is 0 Å². The van der Waals surface area contributed by atoms with Crippen LogP contribution in [0.4, 0.5) is 8.78 Å². The highest BCUT2D eigenvalue weighted by Crippen LogP contribution is 2.26. The number of ether oxygens (including phenoxy) is 1. The molecular weight excluding hydrogens is 382 g/mol. The minimum Gasteiger partial charge on any atom is -0.379 e. The zero-order chi connectivity index (χ0) is 17.4. The smallest absolute Gasteiger partial charge is 0.282 e. The summed E-state index contributed by atoms with van der Waals surface area (Å²) in [5.74, 6) is -3.24. The van der Waals surface area contributed by atoms with E-state index in [1.165, 1.54) is 13.5 Å². The van der Waals surface area contributed by atoms with Crippen LogP contribution in [0.1, 0.15) is 6.42 Å². The number of carbonyl (C=O) groups is 1. The van der Waals surface area contributed by atoms with Gasteiger partial charge in [-0.15, -0.1) is 12.4 Å². The first kappa shape index (κ1) is 20.7. The molecule has 0 radical (unpaired) electrons. The number of halogens is 3. The summed E-state index contributed by atoms with van der Waals surface area (Å²) < 4.78 is 59.4. The lowest BCUT2D eigenvalue weighted by Gasteiger charge is -2.38. The monoisotopic (exact) mass is 404 g/mol. The zero-order valence-corrected chi connectivity index (χ0v) is 15.3. The van der Waals surface area contributed by atoms with E-state index in [-0.39, 0.29) is 44.5 Å². The molecule has 3 aliphatic heterocycles. The molecule has 0 aromatic rings. The number of piperazine rings is 1. The number of morpholine rings is 1. The standard InChI is InChI=1S/C13H22F2N4O4S.ClH/c14-13(15)9-11(16-10-13)12(20)17-1-3-18(4-2-17)24(21,22)19-5-7-23-8-6-19;/h11,16H,1-10H2;1H. The third-order valence-electron chi connectivity index (χ3n) is 4.58. The Hall–Kier alpha value is -0.590. The van der Waals surface area contributed by atoms with E-state index in [1.54, 1.807) is 0 Å². The van der Waals surface area contributed by atoms with Gasteiger partial charge in [0.15, 0.2) is 0 Å². The van der Waals surface area contributed by atoms with Crippen LogP contribution < -0.4 is 5.32 Å². The summed E-state index contributed by atoms with van der Waals surface area (Å²) in [6.45, 7) is 1.68. The summed E-state index contributed by atoms with van der Waals surface area (Å²) in [7, 11) is -3.56. The van der Waals surface area contributed by atoms with Crippen molar-refractivity contribution in [3.05, 3.63) is 0 Å². The molecule has 1 amide bonds. The summed E-state index contributed by atoms with van der Waals surface area (Å²) in [5, 5.41) is 2.54. The van der Waals surface area contributed by atoms with Crippen molar-refractivity contribution in [3.8, 4) is 0 Å². The molecule has 0 aromatic carbocycles. The molecule has 0 saturated carbocycles. The van der Waals surface area contributed by atoms with Crippen molar-refractivity contribution in [1.29, 1.82) is 0 Å². The molecule has 25 heavy (non-hydrogen) atoms. The van der Waals surface area contributed by atoms with Crippen LogP contribution in [0.25, 0.3) is 0 Å². The van der Waals surface area contributed by atoms with E-state index < -0.39 is 35.1 Å². The fourth-order valence-corrected chi connectivity index (χ4v) is 4.75. The Balaban J connectivity index is 0.00000225. The Bertz CT molecular complexity index is 581. The largest absolute Gasteiger partial charge is 0.379 e. The Morgan fingerprint density at radius 1 is 1.04 bits per heavy atom.